The Morgan fingerprint density at radius 2 is 1.82 bits per heavy atom. The maximum absolute atomic E-state index is 15.2. The van der Waals surface area contributed by atoms with Crippen molar-refractivity contribution in [1.29, 1.82) is 0 Å². The molecule has 2 aliphatic heterocycles. The first-order valence-electron chi connectivity index (χ1n) is 11.9. The van der Waals surface area contributed by atoms with Crippen LogP contribution in [-0.2, 0) is 35.8 Å². The lowest BCUT2D eigenvalue weighted by Gasteiger charge is -2.33. The van der Waals surface area contributed by atoms with E-state index < -0.39 is 59.9 Å². The molecule has 0 aliphatic carbocycles. The van der Waals surface area contributed by atoms with Crippen LogP contribution in [0.25, 0.3) is 0 Å². The van der Waals surface area contributed by atoms with Crippen LogP contribution in [0.4, 0.5) is 4.39 Å². The molecule has 2 aromatic carbocycles. The van der Waals surface area contributed by atoms with Gasteiger partial charge in [0.25, 0.3) is 0 Å². The summed E-state index contributed by atoms with van der Waals surface area (Å²) >= 11 is 6.35. The second-order valence-electron chi connectivity index (χ2n) is 9.45. The molecule has 1 fully saturated rings. The van der Waals surface area contributed by atoms with E-state index in [2.05, 4.69) is 4.99 Å². The molecule has 0 amide bonds. The van der Waals surface area contributed by atoms with Crippen molar-refractivity contribution in [2.45, 2.75) is 24.6 Å². The Morgan fingerprint density at radius 1 is 1.11 bits per heavy atom. The maximum Gasteiger partial charge on any atom is 0.336 e. The molecule has 4 rings (SSSR count). The second kappa shape index (κ2) is 11.3. The molecule has 2 aliphatic rings. The fraction of sp³-hybridized carbons (Fsp3) is 0.385. The van der Waals surface area contributed by atoms with Gasteiger partial charge in [0.05, 0.1) is 28.5 Å². The topological polar surface area (TPSA) is 110 Å². The second-order valence-corrected chi connectivity index (χ2v) is 14.3. The SMILES string of the molecule is CC1=C(C(=O)OCCN(C)Cc2ccccc2)[C@@H](c2c(F)cccc2Cl)C2C(=N1)CS(=O)(=O)CCS2(=O)=O. The summed E-state index contributed by atoms with van der Waals surface area (Å²) < 4.78 is 72.5. The van der Waals surface area contributed by atoms with Gasteiger partial charge in [0, 0.05) is 35.3 Å². The van der Waals surface area contributed by atoms with E-state index in [-0.39, 0.29) is 34.2 Å². The number of likely N-dealkylation sites (N-methyl/N-ethyl adjacent to an activating group) is 1. The monoisotopic (exact) mass is 582 g/mol. The number of benzene rings is 2. The van der Waals surface area contributed by atoms with Crippen molar-refractivity contribution in [3.8, 4) is 0 Å². The highest BCUT2D eigenvalue weighted by Gasteiger charge is 2.49. The molecule has 2 heterocycles. The predicted octanol–water partition coefficient (Wildman–Crippen LogP) is 3.18. The normalized spacial score (nSPS) is 22.4. The number of esters is 1. The molecule has 12 heteroatoms. The highest BCUT2D eigenvalue weighted by molar-refractivity contribution is 7.97. The zero-order chi connectivity index (χ0) is 27.7. The Hall–Kier alpha value is -2.60. The van der Waals surface area contributed by atoms with Crippen molar-refractivity contribution in [2.24, 2.45) is 4.99 Å². The Kier molecular flexibility index (Phi) is 8.41. The molecule has 0 aromatic heterocycles. The molecule has 204 valence electrons. The first kappa shape index (κ1) is 28.4. The van der Waals surface area contributed by atoms with Crippen LogP contribution in [0.5, 0.6) is 0 Å². The minimum absolute atomic E-state index is 0.0148. The van der Waals surface area contributed by atoms with Gasteiger partial charge in [0.15, 0.2) is 19.7 Å². The number of rotatable bonds is 7. The van der Waals surface area contributed by atoms with E-state index in [1.165, 1.54) is 19.1 Å². The zero-order valence-electron chi connectivity index (χ0n) is 20.9. The van der Waals surface area contributed by atoms with Gasteiger partial charge in [-0.15, -0.1) is 0 Å². The first-order chi connectivity index (χ1) is 17.9. The van der Waals surface area contributed by atoms with Gasteiger partial charge in [-0.25, -0.2) is 26.0 Å². The lowest BCUT2D eigenvalue weighted by Crippen LogP contribution is -2.43. The number of hydrogen-bond donors (Lipinski definition) is 0. The van der Waals surface area contributed by atoms with E-state index in [4.69, 9.17) is 16.3 Å². The van der Waals surface area contributed by atoms with Crippen molar-refractivity contribution in [2.75, 3.05) is 37.5 Å². The standard InChI is InChI=1S/C26H28ClFN2O6S2/c1-17-22(26(31)36-12-11-30(2)15-18-7-4-3-5-8-18)24(23-19(27)9-6-10-20(23)28)25-21(29-17)16-37(32,33)13-14-38(25,34)35/h3-10,24-25H,11-16H2,1-2H3/t24-,25?/m0/s1. The molecule has 1 unspecified atom stereocenters. The number of halogens is 2. The average molecular weight is 583 g/mol. The summed E-state index contributed by atoms with van der Waals surface area (Å²) in [6.07, 6.45) is 0. The summed E-state index contributed by atoms with van der Waals surface area (Å²) in [4.78, 5) is 19.6. The molecular weight excluding hydrogens is 555 g/mol. The van der Waals surface area contributed by atoms with Crippen molar-refractivity contribution >= 4 is 43.0 Å². The molecule has 2 atom stereocenters. The van der Waals surface area contributed by atoms with E-state index in [9.17, 15) is 21.6 Å². The number of allylic oxidation sites excluding steroid dienone is 1. The van der Waals surface area contributed by atoms with Gasteiger partial charge in [-0.3, -0.25) is 9.89 Å². The summed E-state index contributed by atoms with van der Waals surface area (Å²) in [5.41, 5.74) is 0.636. The largest absolute Gasteiger partial charge is 0.461 e. The Bertz CT molecular complexity index is 1490. The van der Waals surface area contributed by atoms with Crippen LogP contribution in [0.15, 0.2) is 64.8 Å². The maximum atomic E-state index is 15.2. The third-order valence-corrected chi connectivity index (χ3v) is 10.8. The molecule has 0 saturated carbocycles. The number of nitrogens with zero attached hydrogens (tertiary/aromatic N) is 2. The minimum atomic E-state index is -4.17. The van der Waals surface area contributed by atoms with Crippen LogP contribution in [0.3, 0.4) is 0 Å². The first-order valence-corrected chi connectivity index (χ1v) is 15.8. The Balaban J connectivity index is 1.68. The summed E-state index contributed by atoms with van der Waals surface area (Å²) in [6, 6.07) is 13.6. The third-order valence-electron chi connectivity index (χ3n) is 6.61. The fourth-order valence-electron chi connectivity index (χ4n) is 4.83. The smallest absolute Gasteiger partial charge is 0.336 e. The Morgan fingerprint density at radius 3 is 2.50 bits per heavy atom. The number of hydrogen-bond acceptors (Lipinski definition) is 8. The highest BCUT2D eigenvalue weighted by Crippen LogP contribution is 2.43. The van der Waals surface area contributed by atoms with Crippen LogP contribution in [0.1, 0.15) is 24.0 Å². The van der Waals surface area contributed by atoms with Gasteiger partial charge >= 0.3 is 5.97 Å². The average Bonchev–Trinajstić information content (AvgIpc) is 2.91. The van der Waals surface area contributed by atoms with Gasteiger partial charge < -0.3 is 4.74 Å². The van der Waals surface area contributed by atoms with Crippen LogP contribution in [0, 0.1) is 5.82 Å². The molecular formula is C26H28ClFN2O6S2. The van der Waals surface area contributed by atoms with Gasteiger partial charge in [0.2, 0.25) is 0 Å². The summed E-state index contributed by atoms with van der Waals surface area (Å²) in [7, 11) is -6.08. The quantitative estimate of drug-likeness (QED) is 0.461. The van der Waals surface area contributed by atoms with E-state index in [1.54, 1.807) is 0 Å². The predicted molar refractivity (Wildman–Crippen MR) is 144 cm³/mol. The summed E-state index contributed by atoms with van der Waals surface area (Å²) in [5.74, 6) is -4.95. The van der Waals surface area contributed by atoms with Crippen molar-refractivity contribution in [1.82, 2.24) is 4.90 Å². The lowest BCUT2D eigenvalue weighted by molar-refractivity contribution is -0.139. The number of carbonyl (C=O) groups is 1. The van der Waals surface area contributed by atoms with E-state index in [1.807, 2.05) is 42.3 Å². The van der Waals surface area contributed by atoms with Crippen molar-refractivity contribution in [3.63, 3.8) is 0 Å². The molecule has 1 saturated heterocycles. The number of fused-ring (bicyclic) bond motifs is 1. The number of sulfone groups is 2. The summed E-state index contributed by atoms with van der Waals surface area (Å²) in [5, 5.41) is -1.65. The Labute approximate surface area is 227 Å². The molecule has 0 radical (unpaired) electrons. The van der Waals surface area contributed by atoms with Crippen molar-refractivity contribution < 1.29 is 30.8 Å². The van der Waals surface area contributed by atoms with Crippen LogP contribution >= 0.6 is 11.6 Å². The van der Waals surface area contributed by atoms with Crippen LogP contribution in [0.2, 0.25) is 5.02 Å². The molecule has 38 heavy (non-hydrogen) atoms. The lowest BCUT2D eigenvalue weighted by atomic mass is 9.83. The van der Waals surface area contributed by atoms with E-state index in [0.717, 1.165) is 11.6 Å². The molecule has 2 aromatic rings. The van der Waals surface area contributed by atoms with E-state index in [0.29, 0.717) is 13.1 Å². The zero-order valence-corrected chi connectivity index (χ0v) is 23.3. The molecule has 8 nitrogen and oxygen atoms in total. The van der Waals surface area contributed by atoms with Crippen molar-refractivity contribution in [3.05, 3.63) is 81.8 Å². The van der Waals surface area contributed by atoms with E-state index >= 15 is 4.39 Å². The summed E-state index contributed by atoms with van der Waals surface area (Å²) in [6.45, 7) is 2.44. The minimum Gasteiger partial charge on any atom is -0.461 e. The van der Waals surface area contributed by atoms with Gasteiger partial charge in [0.1, 0.15) is 17.7 Å². The highest BCUT2D eigenvalue weighted by atomic mass is 35.5. The van der Waals surface area contributed by atoms with Gasteiger partial charge in [-0.05, 0) is 31.7 Å². The van der Waals surface area contributed by atoms with Gasteiger partial charge in [-0.2, -0.15) is 0 Å². The fourth-order valence-corrected chi connectivity index (χ4v) is 9.49. The number of ether oxygens (including phenoxy) is 1. The molecule has 0 N–H and O–H groups in total. The molecule has 0 spiro atoms. The number of aliphatic imine (C=N–C) groups is 1. The van der Waals surface area contributed by atoms with Crippen LogP contribution < -0.4 is 0 Å². The number of carbonyl (C=O) groups excluding carboxylic acids is 1. The van der Waals surface area contributed by atoms with Crippen LogP contribution in [-0.4, -0.2) is 76.1 Å². The third kappa shape index (κ3) is 6.17. The molecule has 0 bridgehead atoms. The van der Waals surface area contributed by atoms with Gasteiger partial charge in [-0.1, -0.05) is 48.0 Å².